The van der Waals surface area contributed by atoms with E-state index in [-0.39, 0.29) is 17.4 Å². The van der Waals surface area contributed by atoms with E-state index in [1.165, 1.54) is 0 Å². The summed E-state index contributed by atoms with van der Waals surface area (Å²) in [6.45, 7) is 3.94. The molecule has 3 heterocycles. The smallest absolute Gasteiger partial charge is 0.353 e. The number of pyridine rings is 1. The van der Waals surface area contributed by atoms with E-state index in [0.717, 1.165) is 28.0 Å². The van der Waals surface area contributed by atoms with Crippen molar-refractivity contribution in [3.05, 3.63) is 35.0 Å². The van der Waals surface area contributed by atoms with Crippen molar-refractivity contribution in [3.63, 3.8) is 0 Å². The van der Waals surface area contributed by atoms with Crippen molar-refractivity contribution in [2.24, 2.45) is 0 Å². The van der Waals surface area contributed by atoms with Crippen LogP contribution in [-0.4, -0.2) is 32.3 Å². The monoisotopic (exact) mass is 303 g/mol. The maximum Gasteiger partial charge on any atom is 0.353 e. The van der Waals surface area contributed by atoms with E-state index in [9.17, 15) is 9.90 Å². The number of esters is 1. The highest BCUT2D eigenvalue weighted by Crippen LogP contribution is 2.33. The van der Waals surface area contributed by atoms with Gasteiger partial charge in [0.1, 0.15) is 5.01 Å². The number of aromatic hydroxyl groups is 1. The minimum absolute atomic E-state index is 0.122. The van der Waals surface area contributed by atoms with Gasteiger partial charge in [0.05, 0.1) is 18.3 Å². The van der Waals surface area contributed by atoms with Gasteiger partial charge in [-0.2, -0.15) is 5.10 Å². The fraction of sp³-hybridized carbons (Fsp3) is 0.214. The summed E-state index contributed by atoms with van der Waals surface area (Å²) in [5.41, 5.74) is 2.82. The largest absolute Gasteiger partial charge is 0.492 e. The van der Waals surface area contributed by atoms with Crippen molar-refractivity contribution < 1.29 is 14.6 Å². The molecule has 0 bridgehead atoms. The van der Waals surface area contributed by atoms with Crippen LogP contribution in [0.4, 0.5) is 0 Å². The fourth-order valence-electron chi connectivity index (χ4n) is 2.00. The van der Waals surface area contributed by atoms with E-state index >= 15 is 0 Å². The predicted octanol–water partition coefficient (Wildman–Crippen LogP) is 2.65. The lowest BCUT2D eigenvalue weighted by molar-refractivity contribution is 0.0528. The van der Waals surface area contributed by atoms with E-state index in [2.05, 4.69) is 10.1 Å². The van der Waals surface area contributed by atoms with Gasteiger partial charge in [0.2, 0.25) is 5.88 Å². The molecule has 0 atom stereocenters. The van der Waals surface area contributed by atoms with Gasteiger partial charge < -0.3 is 9.84 Å². The fourth-order valence-corrected chi connectivity index (χ4v) is 2.85. The van der Waals surface area contributed by atoms with Gasteiger partial charge in [-0.05, 0) is 31.5 Å². The molecule has 108 valence electrons. The summed E-state index contributed by atoms with van der Waals surface area (Å²) in [4.78, 5) is 15.9. The van der Waals surface area contributed by atoms with E-state index in [1.807, 2.05) is 25.3 Å². The first kappa shape index (κ1) is 13.6. The predicted molar refractivity (Wildman–Crippen MR) is 78.7 cm³/mol. The third kappa shape index (κ3) is 2.36. The molecule has 0 aromatic carbocycles. The van der Waals surface area contributed by atoms with Gasteiger partial charge >= 0.3 is 5.97 Å². The molecule has 0 fully saturated rings. The Morgan fingerprint density at radius 3 is 3.10 bits per heavy atom. The van der Waals surface area contributed by atoms with Crippen LogP contribution >= 0.6 is 11.3 Å². The Hall–Kier alpha value is -2.41. The van der Waals surface area contributed by atoms with Crippen LogP contribution in [0.15, 0.2) is 24.5 Å². The lowest BCUT2D eigenvalue weighted by atomic mass is 10.2. The highest BCUT2D eigenvalue weighted by Gasteiger charge is 2.19. The number of nitrogens with zero attached hydrogens (tertiary/aromatic N) is 3. The summed E-state index contributed by atoms with van der Waals surface area (Å²) in [5.74, 6) is -0.848. The highest BCUT2D eigenvalue weighted by atomic mass is 32.1. The third-order valence-corrected chi connectivity index (χ3v) is 4.10. The number of carbonyl (C=O) groups excluding carboxylic acids is 1. The van der Waals surface area contributed by atoms with Crippen LogP contribution in [0.2, 0.25) is 0 Å². The van der Waals surface area contributed by atoms with Gasteiger partial charge in [-0.3, -0.25) is 0 Å². The summed E-state index contributed by atoms with van der Waals surface area (Å²) < 4.78 is 6.65. The minimum atomic E-state index is -0.555. The number of carbonyl (C=O) groups is 1. The summed E-state index contributed by atoms with van der Waals surface area (Å²) in [6, 6.07) is 3.77. The minimum Gasteiger partial charge on any atom is -0.492 e. The zero-order valence-corrected chi connectivity index (χ0v) is 12.3. The average Bonchev–Trinajstić information content (AvgIpc) is 3.03. The Morgan fingerprint density at radius 1 is 1.52 bits per heavy atom. The molecule has 0 radical (unpaired) electrons. The lowest BCUT2D eigenvalue weighted by Crippen LogP contribution is -2.02. The topological polar surface area (TPSA) is 76.7 Å². The van der Waals surface area contributed by atoms with Gasteiger partial charge in [-0.15, -0.1) is 11.3 Å². The maximum absolute atomic E-state index is 11.7. The second-order valence-corrected chi connectivity index (χ2v) is 5.46. The number of thiazole rings is 1. The molecule has 7 heteroatoms. The molecule has 0 unspecified atom stereocenters. The molecule has 0 spiro atoms. The molecular formula is C14H13N3O3S. The molecule has 3 aromatic heterocycles. The molecule has 0 aliphatic rings. The molecule has 21 heavy (non-hydrogen) atoms. The summed E-state index contributed by atoms with van der Waals surface area (Å²) >= 11 is 1.11. The maximum atomic E-state index is 11.7. The second kappa shape index (κ2) is 5.17. The molecule has 0 aliphatic carbocycles. The molecule has 3 rings (SSSR count). The van der Waals surface area contributed by atoms with Crippen LogP contribution in [0.3, 0.4) is 0 Å². The molecule has 0 aliphatic heterocycles. The van der Waals surface area contributed by atoms with Crippen molar-refractivity contribution in [2.45, 2.75) is 13.8 Å². The molecule has 6 nitrogen and oxygen atoms in total. The summed E-state index contributed by atoms with van der Waals surface area (Å²) in [7, 11) is 0. The van der Waals surface area contributed by atoms with Crippen LogP contribution < -0.4 is 0 Å². The Morgan fingerprint density at radius 2 is 2.33 bits per heavy atom. The number of ether oxygens (including phenoxy) is 1. The van der Waals surface area contributed by atoms with Crippen molar-refractivity contribution in [1.82, 2.24) is 14.6 Å². The Balaban J connectivity index is 2.04. The van der Waals surface area contributed by atoms with E-state index in [1.54, 1.807) is 17.6 Å². The molecule has 0 saturated carbocycles. The van der Waals surface area contributed by atoms with Crippen molar-refractivity contribution in [3.8, 4) is 16.5 Å². The van der Waals surface area contributed by atoms with Crippen LogP contribution in [-0.2, 0) is 4.74 Å². The number of fused-ring (bicyclic) bond motifs is 1. The lowest BCUT2D eigenvalue weighted by Gasteiger charge is -1.99. The van der Waals surface area contributed by atoms with Gasteiger partial charge in [-0.1, -0.05) is 0 Å². The van der Waals surface area contributed by atoms with Gasteiger partial charge in [-0.25, -0.2) is 14.3 Å². The molecule has 3 aromatic rings. The van der Waals surface area contributed by atoms with E-state index in [4.69, 9.17) is 4.74 Å². The van der Waals surface area contributed by atoms with Crippen LogP contribution in [0.5, 0.6) is 5.88 Å². The van der Waals surface area contributed by atoms with Crippen molar-refractivity contribution in [1.29, 1.82) is 0 Å². The number of hydrogen-bond acceptors (Lipinski definition) is 6. The van der Waals surface area contributed by atoms with Gasteiger partial charge in [0.25, 0.3) is 0 Å². The van der Waals surface area contributed by atoms with Crippen molar-refractivity contribution >= 4 is 22.8 Å². The Labute approximate surface area is 124 Å². The van der Waals surface area contributed by atoms with Crippen LogP contribution in [0.25, 0.3) is 16.1 Å². The Bertz CT molecular complexity index is 822. The summed E-state index contributed by atoms with van der Waals surface area (Å²) in [5, 5.41) is 14.6. The highest BCUT2D eigenvalue weighted by molar-refractivity contribution is 7.17. The average molecular weight is 303 g/mol. The first-order valence-electron chi connectivity index (χ1n) is 6.41. The van der Waals surface area contributed by atoms with E-state index in [0.29, 0.717) is 5.01 Å². The molecule has 0 saturated heterocycles. The van der Waals surface area contributed by atoms with E-state index < -0.39 is 5.97 Å². The standard InChI is InChI=1S/C14H13N3O3S/c1-3-20-14(19)11-12(18)16-13(21-11)9-4-5-17-10(6-9)8(2)7-15-17/h4-7,18H,3H2,1-2H3. The number of aromatic nitrogens is 3. The quantitative estimate of drug-likeness (QED) is 0.753. The zero-order chi connectivity index (χ0) is 15.0. The number of rotatable bonds is 3. The molecule has 0 amide bonds. The first-order valence-corrected chi connectivity index (χ1v) is 7.23. The zero-order valence-electron chi connectivity index (χ0n) is 11.5. The third-order valence-electron chi connectivity index (χ3n) is 3.03. The number of hydrogen-bond donors (Lipinski definition) is 1. The van der Waals surface area contributed by atoms with Crippen LogP contribution in [0, 0.1) is 6.92 Å². The van der Waals surface area contributed by atoms with Gasteiger partial charge in [0, 0.05) is 11.8 Å². The van der Waals surface area contributed by atoms with Crippen molar-refractivity contribution in [2.75, 3.05) is 6.61 Å². The SMILES string of the molecule is CCOC(=O)c1sc(-c2ccn3ncc(C)c3c2)nc1O. The van der Waals surface area contributed by atoms with Gasteiger partial charge in [0.15, 0.2) is 4.88 Å². The first-order chi connectivity index (χ1) is 10.1. The number of aryl methyl sites for hydroxylation is 1. The normalized spacial score (nSPS) is 11.0. The second-order valence-electron chi connectivity index (χ2n) is 4.47. The Kier molecular flexibility index (Phi) is 3.34. The summed E-state index contributed by atoms with van der Waals surface area (Å²) in [6.07, 6.45) is 3.60. The van der Waals surface area contributed by atoms with Crippen LogP contribution in [0.1, 0.15) is 22.2 Å². The molecular weight excluding hydrogens is 290 g/mol. The molecule has 1 N–H and O–H groups in total.